The SMILES string of the molecule is Cc1cc(Br)cc(NC(=O)C(C)NC(=O)CC2CCCCC2)c1N. The highest BCUT2D eigenvalue weighted by Crippen LogP contribution is 2.28. The summed E-state index contributed by atoms with van der Waals surface area (Å²) in [5.74, 6) is 0.136. The molecule has 1 aromatic rings. The third-order valence-electron chi connectivity index (χ3n) is 4.58. The molecule has 0 radical (unpaired) electrons. The van der Waals surface area contributed by atoms with Gasteiger partial charge in [-0.05, 0) is 50.3 Å². The van der Waals surface area contributed by atoms with Crippen molar-refractivity contribution < 1.29 is 9.59 Å². The number of rotatable bonds is 5. The van der Waals surface area contributed by atoms with Crippen molar-refractivity contribution in [1.29, 1.82) is 0 Å². The van der Waals surface area contributed by atoms with Crippen LogP contribution in [0.15, 0.2) is 16.6 Å². The minimum absolute atomic E-state index is 0.0528. The van der Waals surface area contributed by atoms with Gasteiger partial charge in [-0.2, -0.15) is 0 Å². The monoisotopic (exact) mass is 395 g/mol. The molecule has 0 aliphatic heterocycles. The third-order valence-corrected chi connectivity index (χ3v) is 5.04. The lowest BCUT2D eigenvalue weighted by atomic mass is 9.87. The van der Waals surface area contributed by atoms with Gasteiger partial charge in [0.25, 0.3) is 0 Å². The molecule has 0 aromatic heterocycles. The average Bonchev–Trinajstić information content (AvgIpc) is 2.52. The largest absolute Gasteiger partial charge is 0.397 e. The summed E-state index contributed by atoms with van der Waals surface area (Å²) in [6.07, 6.45) is 6.41. The average molecular weight is 396 g/mol. The third kappa shape index (κ3) is 5.23. The minimum Gasteiger partial charge on any atom is -0.397 e. The van der Waals surface area contributed by atoms with E-state index in [9.17, 15) is 9.59 Å². The van der Waals surface area contributed by atoms with Gasteiger partial charge in [0.1, 0.15) is 6.04 Å². The fourth-order valence-electron chi connectivity index (χ4n) is 3.12. The highest BCUT2D eigenvalue weighted by atomic mass is 79.9. The molecule has 1 aromatic carbocycles. The normalized spacial score (nSPS) is 16.5. The van der Waals surface area contributed by atoms with Crippen LogP contribution in [0.4, 0.5) is 11.4 Å². The Hall–Kier alpha value is -1.56. The molecule has 0 bridgehead atoms. The van der Waals surface area contributed by atoms with Crippen molar-refractivity contribution >= 4 is 39.1 Å². The van der Waals surface area contributed by atoms with Gasteiger partial charge in [-0.1, -0.05) is 35.2 Å². The van der Waals surface area contributed by atoms with Crippen molar-refractivity contribution in [2.45, 2.75) is 58.4 Å². The van der Waals surface area contributed by atoms with Crippen LogP contribution in [0.1, 0.15) is 51.0 Å². The summed E-state index contributed by atoms with van der Waals surface area (Å²) >= 11 is 3.39. The number of carbonyl (C=O) groups excluding carboxylic acids is 2. The zero-order valence-electron chi connectivity index (χ0n) is 14.3. The number of halogens is 1. The van der Waals surface area contributed by atoms with Crippen LogP contribution < -0.4 is 16.4 Å². The van der Waals surface area contributed by atoms with Crippen LogP contribution in [0.25, 0.3) is 0 Å². The maximum atomic E-state index is 12.3. The second-order valence-electron chi connectivity index (χ2n) is 6.67. The molecule has 1 aliphatic carbocycles. The molecule has 0 saturated heterocycles. The molecule has 4 N–H and O–H groups in total. The molecule has 1 aliphatic rings. The number of nitrogens with two attached hydrogens (primary N) is 1. The van der Waals surface area contributed by atoms with Gasteiger partial charge in [0.15, 0.2) is 0 Å². The van der Waals surface area contributed by atoms with Crippen molar-refractivity contribution in [2.24, 2.45) is 5.92 Å². The highest BCUT2D eigenvalue weighted by molar-refractivity contribution is 9.10. The number of carbonyl (C=O) groups is 2. The Morgan fingerprint density at radius 1 is 1.29 bits per heavy atom. The predicted octanol–water partition coefficient (Wildman–Crippen LogP) is 3.75. The van der Waals surface area contributed by atoms with E-state index in [0.717, 1.165) is 22.9 Å². The van der Waals surface area contributed by atoms with E-state index in [1.165, 1.54) is 19.3 Å². The van der Waals surface area contributed by atoms with Crippen LogP contribution in [0.2, 0.25) is 0 Å². The van der Waals surface area contributed by atoms with E-state index in [0.29, 0.717) is 23.7 Å². The van der Waals surface area contributed by atoms with Gasteiger partial charge in [-0.3, -0.25) is 9.59 Å². The molecular formula is C18H26BrN3O2. The number of benzene rings is 1. The Bertz CT molecular complexity index is 613. The zero-order chi connectivity index (χ0) is 17.7. The number of anilines is 2. The van der Waals surface area contributed by atoms with E-state index in [-0.39, 0.29) is 11.8 Å². The van der Waals surface area contributed by atoms with Crippen molar-refractivity contribution in [3.05, 3.63) is 22.2 Å². The molecule has 132 valence electrons. The smallest absolute Gasteiger partial charge is 0.246 e. The van der Waals surface area contributed by atoms with Gasteiger partial charge in [-0.25, -0.2) is 0 Å². The van der Waals surface area contributed by atoms with Crippen molar-refractivity contribution in [2.75, 3.05) is 11.1 Å². The molecule has 5 nitrogen and oxygen atoms in total. The topological polar surface area (TPSA) is 84.2 Å². The molecular weight excluding hydrogens is 370 g/mol. The summed E-state index contributed by atoms with van der Waals surface area (Å²) in [5, 5.41) is 5.58. The lowest BCUT2D eigenvalue weighted by molar-refractivity contribution is -0.126. The van der Waals surface area contributed by atoms with Crippen LogP contribution >= 0.6 is 15.9 Å². The standard InChI is InChI=1S/C18H26BrN3O2/c1-11-8-14(19)10-15(17(11)20)22-18(24)12(2)21-16(23)9-13-6-4-3-5-7-13/h8,10,12-13H,3-7,9,20H2,1-2H3,(H,21,23)(H,22,24). The fraction of sp³-hybridized carbons (Fsp3) is 0.556. The van der Waals surface area contributed by atoms with E-state index in [1.54, 1.807) is 13.0 Å². The molecule has 0 spiro atoms. The van der Waals surface area contributed by atoms with Gasteiger partial charge in [-0.15, -0.1) is 0 Å². The number of amides is 2. The Morgan fingerprint density at radius 2 is 1.96 bits per heavy atom. The van der Waals surface area contributed by atoms with Crippen LogP contribution in [-0.4, -0.2) is 17.9 Å². The second kappa shape index (κ2) is 8.51. The fourth-order valence-corrected chi connectivity index (χ4v) is 3.69. The van der Waals surface area contributed by atoms with Crippen LogP contribution in [0, 0.1) is 12.8 Å². The molecule has 24 heavy (non-hydrogen) atoms. The molecule has 1 unspecified atom stereocenters. The summed E-state index contributed by atoms with van der Waals surface area (Å²) in [5.41, 5.74) is 7.98. The van der Waals surface area contributed by atoms with Crippen LogP contribution in [-0.2, 0) is 9.59 Å². The van der Waals surface area contributed by atoms with Crippen LogP contribution in [0.3, 0.4) is 0 Å². The minimum atomic E-state index is -0.597. The number of aryl methyl sites for hydroxylation is 1. The summed E-state index contributed by atoms with van der Waals surface area (Å²) in [7, 11) is 0. The van der Waals surface area contributed by atoms with Gasteiger partial charge < -0.3 is 16.4 Å². The van der Waals surface area contributed by atoms with E-state index >= 15 is 0 Å². The van der Waals surface area contributed by atoms with Gasteiger partial charge >= 0.3 is 0 Å². The zero-order valence-corrected chi connectivity index (χ0v) is 15.9. The summed E-state index contributed by atoms with van der Waals surface area (Å²) in [6.45, 7) is 3.57. The van der Waals surface area contributed by atoms with Gasteiger partial charge in [0.2, 0.25) is 11.8 Å². The van der Waals surface area contributed by atoms with Crippen molar-refractivity contribution in [3.8, 4) is 0 Å². The van der Waals surface area contributed by atoms with E-state index < -0.39 is 6.04 Å². The van der Waals surface area contributed by atoms with Crippen molar-refractivity contribution in [3.63, 3.8) is 0 Å². The number of nitrogens with one attached hydrogen (secondary N) is 2. The quantitative estimate of drug-likeness (QED) is 0.663. The molecule has 2 amide bonds. The maximum Gasteiger partial charge on any atom is 0.246 e. The lowest BCUT2D eigenvalue weighted by Crippen LogP contribution is -2.42. The van der Waals surface area contributed by atoms with E-state index in [2.05, 4.69) is 26.6 Å². The van der Waals surface area contributed by atoms with E-state index in [4.69, 9.17) is 5.73 Å². The summed E-state index contributed by atoms with van der Waals surface area (Å²) in [4.78, 5) is 24.4. The Labute approximate surface area is 151 Å². The van der Waals surface area contributed by atoms with Crippen molar-refractivity contribution in [1.82, 2.24) is 5.32 Å². The second-order valence-corrected chi connectivity index (χ2v) is 7.59. The van der Waals surface area contributed by atoms with Gasteiger partial charge in [0.05, 0.1) is 11.4 Å². The Balaban J connectivity index is 1.88. The first kappa shape index (κ1) is 18.8. The van der Waals surface area contributed by atoms with E-state index in [1.807, 2.05) is 13.0 Å². The number of hydrogen-bond acceptors (Lipinski definition) is 3. The molecule has 1 saturated carbocycles. The first-order chi connectivity index (χ1) is 11.4. The first-order valence-corrected chi connectivity index (χ1v) is 9.32. The van der Waals surface area contributed by atoms with Gasteiger partial charge in [0, 0.05) is 10.9 Å². The number of nitrogen functional groups attached to an aromatic ring is 1. The molecule has 0 heterocycles. The van der Waals surface area contributed by atoms with Crippen LogP contribution in [0.5, 0.6) is 0 Å². The Kier molecular flexibility index (Phi) is 6.66. The molecule has 1 fully saturated rings. The molecule has 6 heteroatoms. The highest BCUT2D eigenvalue weighted by Gasteiger charge is 2.21. The summed E-state index contributed by atoms with van der Waals surface area (Å²) < 4.78 is 0.846. The molecule has 2 rings (SSSR count). The first-order valence-electron chi connectivity index (χ1n) is 8.52. The molecule has 1 atom stereocenters. The Morgan fingerprint density at radius 3 is 2.62 bits per heavy atom. The number of hydrogen-bond donors (Lipinski definition) is 3. The predicted molar refractivity (Wildman–Crippen MR) is 101 cm³/mol. The summed E-state index contributed by atoms with van der Waals surface area (Å²) in [6, 6.07) is 3.05. The maximum absolute atomic E-state index is 12.3. The lowest BCUT2D eigenvalue weighted by Gasteiger charge is -2.22.